The number of carbonyl (C=O) groups is 2. The fraction of sp³-hybridized carbons (Fsp3) is 0.500. The van der Waals surface area contributed by atoms with Crippen molar-refractivity contribution in [2.24, 2.45) is 5.92 Å². The van der Waals surface area contributed by atoms with Crippen LogP contribution in [0.2, 0.25) is 0 Å². The number of anilines is 1. The van der Waals surface area contributed by atoms with Crippen molar-refractivity contribution in [3.8, 4) is 0 Å². The van der Waals surface area contributed by atoms with Gasteiger partial charge in [0.05, 0.1) is 0 Å². The molecule has 108 valence electrons. The summed E-state index contributed by atoms with van der Waals surface area (Å²) in [4.78, 5) is 24.6. The zero-order valence-corrected chi connectivity index (χ0v) is 12.3. The van der Waals surface area contributed by atoms with E-state index >= 15 is 0 Å². The van der Waals surface area contributed by atoms with Gasteiger partial charge in [-0.1, -0.05) is 6.07 Å². The number of carbonyl (C=O) groups excluding carboxylic acids is 1. The minimum Gasteiger partial charge on any atom is -0.481 e. The van der Waals surface area contributed by atoms with Crippen molar-refractivity contribution >= 4 is 17.6 Å². The molecule has 0 aliphatic carbocycles. The van der Waals surface area contributed by atoms with Crippen LogP contribution in [0.4, 0.5) is 5.69 Å². The molecule has 1 heterocycles. The molecule has 1 aliphatic rings. The lowest BCUT2D eigenvalue weighted by atomic mass is 9.91. The van der Waals surface area contributed by atoms with Crippen LogP contribution in [-0.4, -0.2) is 23.5 Å². The first kappa shape index (κ1) is 14.6. The highest BCUT2D eigenvalue weighted by Crippen LogP contribution is 2.33. The molecule has 1 aliphatic heterocycles. The molecule has 0 bridgehead atoms. The first-order chi connectivity index (χ1) is 9.38. The molecule has 1 aromatic rings. The largest absolute Gasteiger partial charge is 0.481 e. The van der Waals surface area contributed by atoms with Gasteiger partial charge < -0.3 is 10.0 Å². The molecule has 4 heteroatoms. The Bertz CT molecular complexity index is 551. The van der Waals surface area contributed by atoms with Gasteiger partial charge in [0.1, 0.15) is 0 Å². The molecule has 20 heavy (non-hydrogen) atoms. The number of amides is 1. The molecule has 4 nitrogen and oxygen atoms in total. The molecule has 0 spiro atoms. The van der Waals surface area contributed by atoms with Gasteiger partial charge in [0, 0.05) is 25.6 Å². The Morgan fingerprint density at radius 2 is 2.05 bits per heavy atom. The third-order valence-corrected chi connectivity index (χ3v) is 3.98. The maximum absolute atomic E-state index is 11.9. The molecule has 1 amide bonds. The van der Waals surface area contributed by atoms with Crippen molar-refractivity contribution in [2.45, 2.75) is 40.0 Å². The fourth-order valence-corrected chi connectivity index (χ4v) is 3.05. The number of rotatable bonds is 2. The Morgan fingerprint density at radius 3 is 2.65 bits per heavy atom. The van der Waals surface area contributed by atoms with Gasteiger partial charge in [-0.2, -0.15) is 0 Å². The van der Waals surface area contributed by atoms with E-state index in [1.54, 1.807) is 11.8 Å². The highest BCUT2D eigenvalue weighted by atomic mass is 16.4. The molecule has 1 N–H and O–H groups in total. The Balaban J connectivity index is 2.44. The van der Waals surface area contributed by atoms with Gasteiger partial charge in [0.25, 0.3) is 0 Å². The minimum absolute atomic E-state index is 0.0206. The number of benzene rings is 1. The second-order valence-electron chi connectivity index (χ2n) is 5.71. The van der Waals surface area contributed by atoms with E-state index in [-0.39, 0.29) is 18.2 Å². The van der Waals surface area contributed by atoms with Crippen molar-refractivity contribution in [3.05, 3.63) is 28.8 Å². The van der Waals surface area contributed by atoms with Crippen LogP contribution in [0.3, 0.4) is 0 Å². The quantitative estimate of drug-likeness (QED) is 0.902. The summed E-state index contributed by atoms with van der Waals surface area (Å²) in [6, 6.07) is 4.13. The summed E-state index contributed by atoms with van der Waals surface area (Å²) in [5, 5.41) is 9.01. The highest BCUT2D eigenvalue weighted by Gasteiger charge is 2.26. The summed E-state index contributed by atoms with van der Waals surface area (Å²) < 4.78 is 0. The molecule has 2 rings (SSSR count). The van der Waals surface area contributed by atoms with Crippen molar-refractivity contribution in [1.82, 2.24) is 0 Å². The Labute approximate surface area is 119 Å². The first-order valence-corrected chi connectivity index (χ1v) is 6.98. The van der Waals surface area contributed by atoms with Gasteiger partial charge in [-0.3, -0.25) is 9.59 Å². The summed E-state index contributed by atoms with van der Waals surface area (Å²) in [5.41, 5.74) is 4.35. The van der Waals surface area contributed by atoms with Gasteiger partial charge >= 0.3 is 5.97 Å². The predicted octanol–water partition coefficient (Wildman–Crippen LogP) is 2.69. The average molecular weight is 275 g/mol. The van der Waals surface area contributed by atoms with E-state index in [9.17, 15) is 9.59 Å². The standard InChI is InChI=1S/C16H21NO3/c1-10-6-11(2)14-8-13(9-16(19)20)4-5-17(12(3)18)15(14)7-10/h6-7,13H,4-5,8-9H2,1-3H3,(H,19,20). The third kappa shape index (κ3) is 3.00. The van der Waals surface area contributed by atoms with Crippen molar-refractivity contribution in [1.29, 1.82) is 0 Å². The summed E-state index contributed by atoms with van der Waals surface area (Å²) >= 11 is 0. The monoisotopic (exact) mass is 275 g/mol. The van der Waals surface area contributed by atoms with Crippen LogP contribution < -0.4 is 4.90 Å². The van der Waals surface area contributed by atoms with E-state index in [2.05, 4.69) is 6.07 Å². The maximum Gasteiger partial charge on any atom is 0.303 e. The second kappa shape index (κ2) is 5.65. The number of aryl methyl sites for hydroxylation is 2. The van der Waals surface area contributed by atoms with Crippen molar-refractivity contribution in [2.75, 3.05) is 11.4 Å². The number of carboxylic acids is 1. The second-order valence-corrected chi connectivity index (χ2v) is 5.71. The van der Waals surface area contributed by atoms with Gasteiger partial charge in [-0.05, 0) is 55.4 Å². The molecule has 1 aromatic carbocycles. The summed E-state index contributed by atoms with van der Waals surface area (Å²) in [6.07, 6.45) is 1.63. The first-order valence-electron chi connectivity index (χ1n) is 6.98. The van der Waals surface area contributed by atoms with Crippen LogP contribution in [0.5, 0.6) is 0 Å². The number of nitrogens with zero attached hydrogens (tertiary/aromatic N) is 1. The van der Waals surface area contributed by atoms with Gasteiger partial charge in [-0.25, -0.2) is 0 Å². The maximum atomic E-state index is 11.9. The van der Waals surface area contributed by atoms with E-state index in [0.29, 0.717) is 6.54 Å². The normalized spacial score (nSPS) is 18.4. The molecular formula is C16H21NO3. The van der Waals surface area contributed by atoms with Gasteiger partial charge in [0.15, 0.2) is 0 Å². The van der Waals surface area contributed by atoms with Gasteiger partial charge in [0.2, 0.25) is 5.91 Å². The van der Waals surface area contributed by atoms with E-state index in [1.807, 2.05) is 19.9 Å². The lowest BCUT2D eigenvalue weighted by molar-refractivity contribution is -0.138. The van der Waals surface area contributed by atoms with Gasteiger partial charge in [-0.15, -0.1) is 0 Å². The van der Waals surface area contributed by atoms with Crippen molar-refractivity contribution < 1.29 is 14.7 Å². The molecule has 0 radical (unpaired) electrons. The molecule has 0 saturated carbocycles. The minimum atomic E-state index is -0.766. The third-order valence-electron chi connectivity index (χ3n) is 3.98. The van der Waals surface area contributed by atoms with Crippen LogP contribution >= 0.6 is 0 Å². The fourth-order valence-electron chi connectivity index (χ4n) is 3.05. The lowest BCUT2D eigenvalue weighted by Gasteiger charge is -2.22. The molecule has 0 aromatic heterocycles. The summed E-state index contributed by atoms with van der Waals surface area (Å²) in [6.45, 7) is 6.22. The van der Waals surface area contributed by atoms with Crippen LogP contribution in [-0.2, 0) is 16.0 Å². The number of fused-ring (bicyclic) bond motifs is 1. The van der Waals surface area contributed by atoms with Crippen LogP contribution in [0.15, 0.2) is 12.1 Å². The Morgan fingerprint density at radius 1 is 1.35 bits per heavy atom. The zero-order chi connectivity index (χ0) is 14.9. The van der Waals surface area contributed by atoms with E-state index in [1.165, 1.54) is 0 Å². The number of carboxylic acid groups (broad SMARTS) is 1. The molecule has 1 unspecified atom stereocenters. The number of hydrogen-bond acceptors (Lipinski definition) is 2. The van der Waals surface area contributed by atoms with Crippen LogP contribution in [0, 0.1) is 19.8 Å². The molecule has 0 fully saturated rings. The van der Waals surface area contributed by atoms with E-state index in [4.69, 9.17) is 5.11 Å². The van der Waals surface area contributed by atoms with E-state index < -0.39 is 5.97 Å². The number of hydrogen-bond donors (Lipinski definition) is 1. The topological polar surface area (TPSA) is 57.6 Å². The van der Waals surface area contributed by atoms with Crippen LogP contribution in [0.1, 0.15) is 36.5 Å². The summed E-state index contributed by atoms with van der Waals surface area (Å²) in [5.74, 6) is -0.651. The summed E-state index contributed by atoms with van der Waals surface area (Å²) in [7, 11) is 0. The highest BCUT2D eigenvalue weighted by molar-refractivity contribution is 5.93. The Hall–Kier alpha value is -1.84. The lowest BCUT2D eigenvalue weighted by Crippen LogP contribution is -2.30. The predicted molar refractivity (Wildman–Crippen MR) is 78.0 cm³/mol. The smallest absolute Gasteiger partial charge is 0.303 e. The Kier molecular flexibility index (Phi) is 4.12. The zero-order valence-electron chi connectivity index (χ0n) is 12.3. The van der Waals surface area contributed by atoms with Crippen LogP contribution in [0.25, 0.3) is 0 Å². The number of aliphatic carboxylic acids is 1. The van der Waals surface area contributed by atoms with Crippen molar-refractivity contribution in [3.63, 3.8) is 0 Å². The van der Waals surface area contributed by atoms with E-state index in [0.717, 1.165) is 35.2 Å². The molecule has 1 atom stereocenters. The average Bonchev–Trinajstić information content (AvgIpc) is 2.48. The SMILES string of the molecule is CC(=O)N1CCC(CC(=O)O)Cc2c(C)cc(C)cc21. The molecule has 0 saturated heterocycles. The molecular weight excluding hydrogens is 254 g/mol.